The van der Waals surface area contributed by atoms with Crippen molar-refractivity contribution >= 4 is 42.6 Å². The summed E-state index contributed by atoms with van der Waals surface area (Å²) >= 11 is 11.2. The molecular formula is C21H22Cl4N2Ru. The SMILES string of the molecule is Cc1cc(C)c(-n2c(Cl)c(Cl)n(-c3c(C)cc(C)cc3C)[c]2=[Ru]([Cl])[Cl])c(C)c1. The van der Waals surface area contributed by atoms with E-state index in [4.69, 9.17) is 42.6 Å². The van der Waals surface area contributed by atoms with Gasteiger partial charge in [-0.25, -0.2) is 0 Å². The molecule has 2 aromatic carbocycles. The number of rotatable bonds is 2. The Morgan fingerprint density at radius 1 is 0.607 bits per heavy atom. The van der Waals surface area contributed by atoms with Crippen LogP contribution in [0.5, 0.6) is 0 Å². The zero-order valence-electron chi connectivity index (χ0n) is 16.6. The number of benzene rings is 2. The van der Waals surface area contributed by atoms with Crippen LogP contribution in [0.25, 0.3) is 11.4 Å². The number of aromatic nitrogens is 2. The van der Waals surface area contributed by atoms with Gasteiger partial charge in [0.25, 0.3) is 0 Å². The molecular weight excluding hydrogens is 523 g/mol. The molecule has 0 atom stereocenters. The first-order valence-corrected chi connectivity index (χ1v) is 14.8. The van der Waals surface area contributed by atoms with Crippen molar-refractivity contribution in [3.63, 3.8) is 0 Å². The molecule has 1 heterocycles. The molecule has 0 spiro atoms. The predicted octanol–water partition coefficient (Wildman–Crippen LogP) is 7.88. The van der Waals surface area contributed by atoms with Crippen LogP contribution in [0.2, 0.25) is 10.3 Å². The molecule has 3 rings (SSSR count). The average molecular weight is 545 g/mol. The first-order valence-electron chi connectivity index (χ1n) is 8.72. The van der Waals surface area contributed by atoms with Crippen LogP contribution in [0.1, 0.15) is 33.4 Å². The van der Waals surface area contributed by atoms with E-state index in [1.165, 1.54) is 11.1 Å². The molecule has 0 aliphatic carbocycles. The molecule has 0 unspecified atom stereocenters. The van der Waals surface area contributed by atoms with Crippen LogP contribution in [0.4, 0.5) is 0 Å². The van der Waals surface area contributed by atoms with E-state index in [9.17, 15) is 0 Å². The summed E-state index contributed by atoms with van der Waals surface area (Å²) < 4.78 is 4.63. The van der Waals surface area contributed by atoms with Gasteiger partial charge in [0.05, 0.1) is 0 Å². The molecule has 28 heavy (non-hydrogen) atoms. The van der Waals surface area contributed by atoms with E-state index >= 15 is 0 Å². The Hall–Kier alpha value is -0.567. The van der Waals surface area contributed by atoms with Gasteiger partial charge < -0.3 is 0 Å². The molecule has 152 valence electrons. The van der Waals surface area contributed by atoms with Crippen LogP contribution in [0.3, 0.4) is 0 Å². The maximum absolute atomic E-state index is 6.78. The molecule has 0 N–H and O–H groups in total. The molecule has 0 amide bonds. The monoisotopic (exact) mass is 544 g/mol. The summed E-state index contributed by atoms with van der Waals surface area (Å²) in [6.07, 6.45) is 0. The molecule has 2 nitrogen and oxygen atoms in total. The standard InChI is InChI=1S/C21H22Cl2N2.2ClH.Ru/c1-12-7-14(3)18(15(4)8-12)24-11-25(21(23)20(24)22)19-16(5)9-13(2)10-17(19)6;;;/h7-10H,1-6H3;2*1H;/q;;;+2/p-2. The Balaban J connectivity index is 2.53. The van der Waals surface area contributed by atoms with Crippen molar-refractivity contribution in [2.24, 2.45) is 0 Å². The first kappa shape index (κ1) is 22.1. The molecule has 0 fully saturated rings. The Bertz CT molecular complexity index is 1040. The molecule has 0 bridgehead atoms. The van der Waals surface area contributed by atoms with E-state index in [0.717, 1.165) is 37.6 Å². The topological polar surface area (TPSA) is 9.86 Å². The minimum absolute atomic E-state index is 0.422. The zero-order chi connectivity index (χ0) is 20.9. The van der Waals surface area contributed by atoms with Crippen molar-refractivity contribution in [3.05, 3.63) is 72.0 Å². The van der Waals surface area contributed by atoms with Crippen molar-refractivity contribution in [3.8, 4) is 11.4 Å². The van der Waals surface area contributed by atoms with Gasteiger partial charge in [-0.15, -0.1) is 0 Å². The summed E-state index contributed by atoms with van der Waals surface area (Å²) in [4.78, 5) is 0. The van der Waals surface area contributed by atoms with Crippen molar-refractivity contribution in [1.29, 1.82) is 0 Å². The quantitative estimate of drug-likeness (QED) is 0.290. The van der Waals surface area contributed by atoms with E-state index in [2.05, 4.69) is 65.8 Å². The first-order chi connectivity index (χ1) is 13.0. The number of nitrogens with zero attached hydrogens (tertiary/aromatic N) is 2. The third kappa shape index (κ3) is 3.77. The number of aryl methyl sites for hydroxylation is 6. The minimum atomic E-state index is -2.41. The molecule has 0 saturated carbocycles. The van der Waals surface area contributed by atoms with Crippen molar-refractivity contribution < 1.29 is 13.5 Å². The van der Waals surface area contributed by atoms with E-state index in [0.29, 0.717) is 10.3 Å². The Labute approximate surface area is 189 Å². The van der Waals surface area contributed by atoms with Gasteiger partial charge in [-0.3, -0.25) is 0 Å². The fraction of sp³-hybridized carbons (Fsp3) is 0.286. The van der Waals surface area contributed by atoms with E-state index < -0.39 is 13.5 Å². The molecule has 0 aliphatic heterocycles. The van der Waals surface area contributed by atoms with Gasteiger partial charge in [0, 0.05) is 0 Å². The summed E-state index contributed by atoms with van der Waals surface area (Å²) in [5.41, 5.74) is 8.74. The van der Waals surface area contributed by atoms with Gasteiger partial charge in [-0.2, -0.15) is 0 Å². The Morgan fingerprint density at radius 3 is 1.14 bits per heavy atom. The third-order valence-electron chi connectivity index (χ3n) is 4.76. The molecule has 1 aromatic heterocycles. The van der Waals surface area contributed by atoms with Crippen LogP contribution >= 0.6 is 42.6 Å². The third-order valence-corrected chi connectivity index (χ3v) is 8.33. The second-order valence-corrected chi connectivity index (χ2v) is 13.6. The normalized spacial score (nSPS) is 11.9. The summed E-state index contributed by atoms with van der Waals surface area (Å²) in [6.45, 7) is 12.4. The second-order valence-electron chi connectivity index (χ2n) is 7.19. The molecule has 0 aliphatic rings. The van der Waals surface area contributed by atoms with Crippen molar-refractivity contribution in [2.45, 2.75) is 41.5 Å². The fourth-order valence-corrected chi connectivity index (χ4v) is 7.49. The Kier molecular flexibility index (Phi) is 6.55. The summed E-state index contributed by atoms with van der Waals surface area (Å²) in [5, 5.41) is 0.845. The fourth-order valence-electron chi connectivity index (χ4n) is 3.99. The molecule has 7 heteroatoms. The van der Waals surface area contributed by atoms with Gasteiger partial charge in [-0.1, -0.05) is 0 Å². The van der Waals surface area contributed by atoms with Crippen molar-refractivity contribution in [2.75, 3.05) is 0 Å². The van der Waals surface area contributed by atoms with Gasteiger partial charge in [0.1, 0.15) is 0 Å². The van der Waals surface area contributed by atoms with Crippen LogP contribution < -0.4 is 0 Å². The van der Waals surface area contributed by atoms with Gasteiger partial charge in [0.2, 0.25) is 0 Å². The summed E-state index contributed by atoms with van der Waals surface area (Å²) in [5.74, 6) is 0. The van der Waals surface area contributed by atoms with Gasteiger partial charge in [0.15, 0.2) is 0 Å². The second kappa shape index (κ2) is 8.28. The predicted molar refractivity (Wildman–Crippen MR) is 118 cm³/mol. The van der Waals surface area contributed by atoms with Gasteiger partial charge in [-0.05, 0) is 0 Å². The van der Waals surface area contributed by atoms with E-state index in [1.54, 1.807) is 0 Å². The Morgan fingerprint density at radius 2 is 0.893 bits per heavy atom. The van der Waals surface area contributed by atoms with Crippen molar-refractivity contribution in [1.82, 2.24) is 9.13 Å². The number of halogens is 4. The molecule has 0 saturated heterocycles. The maximum atomic E-state index is 6.78. The van der Waals surface area contributed by atoms with E-state index in [-0.39, 0.29) is 0 Å². The van der Waals surface area contributed by atoms with E-state index in [1.807, 2.05) is 9.13 Å². The van der Waals surface area contributed by atoms with Crippen LogP contribution in [0.15, 0.2) is 24.3 Å². The molecule has 0 radical (unpaired) electrons. The van der Waals surface area contributed by atoms with Gasteiger partial charge >= 0.3 is 190 Å². The number of hydrogen-bond acceptors (Lipinski definition) is 0. The summed E-state index contributed by atoms with van der Waals surface area (Å²) in [7, 11) is 13.2. The zero-order valence-corrected chi connectivity index (χ0v) is 21.3. The number of hydrogen-bond donors (Lipinski definition) is 0. The van der Waals surface area contributed by atoms with Crippen LogP contribution in [-0.2, 0) is 13.5 Å². The van der Waals surface area contributed by atoms with Crippen LogP contribution in [-0.4, -0.2) is 9.13 Å². The summed E-state index contributed by atoms with van der Waals surface area (Å²) in [6, 6.07) is 8.51. The average Bonchev–Trinajstić information content (AvgIpc) is 2.79. The number of imidazole rings is 1. The molecule has 3 aromatic rings. The van der Waals surface area contributed by atoms with Crippen LogP contribution in [0, 0.1) is 45.6 Å².